The molecule has 2 atom stereocenters. The molecule has 1 aromatic heterocycles. The molecule has 10 nitrogen and oxygen atoms in total. The molecular weight excluding hydrogens is 710 g/mol. The molecule has 2 amide bonds. The van der Waals surface area contributed by atoms with Crippen molar-refractivity contribution in [3.8, 4) is 22.8 Å². The quantitative estimate of drug-likeness (QED) is 0.117. The van der Waals surface area contributed by atoms with Crippen molar-refractivity contribution in [2.75, 3.05) is 27.4 Å². The fourth-order valence-electron chi connectivity index (χ4n) is 5.25. The van der Waals surface area contributed by atoms with Crippen LogP contribution in [0.4, 0.5) is 22.4 Å². The van der Waals surface area contributed by atoms with Crippen LogP contribution < -0.4 is 20.1 Å². The number of amides is 2. The number of alkyl halides is 3. The molecule has 2 unspecified atom stereocenters. The summed E-state index contributed by atoms with van der Waals surface area (Å²) < 4.78 is 80.8. The Morgan fingerprint density at radius 3 is 2.35 bits per heavy atom. The molecule has 52 heavy (non-hydrogen) atoms. The van der Waals surface area contributed by atoms with Crippen LogP contribution in [0.25, 0.3) is 11.3 Å². The van der Waals surface area contributed by atoms with Gasteiger partial charge in [0.25, 0.3) is 5.91 Å². The highest BCUT2D eigenvalue weighted by Gasteiger charge is 2.57. The van der Waals surface area contributed by atoms with E-state index in [0.29, 0.717) is 11.3 Å². The number of carbonyl (C=O) groups is 2. The molecule has 1 aliphatic carbocycles. The maximum atomic E-state index is 15.0. The average molecular weight is 746 g/mol. The first-order valence-corrected chi connectivity index (χ1v) is 16.4. The molecule has 1 heterocycles. The lowest BCUT2D eigenvalue weighted by Crippen LogP contribution is -2.52. The molecule has 0 aliphatic heterocycles. The predicted octanol–water partition coefficient (Wildman–Crippen LogP) is 7.06. The molecule has 1 fully saturated rings. The molecule has 1 aliphatic rings. The van der Waals surface area contributed by atoms with Gasteiger partial charge in [-0.1, -0.05) is 41.9 Å². The van der Waals surface area contributed by atoms with E-state index in [9.17, 15) is 32.3 Å². The first kappa shape index (κ1) is 38.3. The molecule has 0 spiro atoms. The van der Waals surface area contributed by atoms with Crippen LogP contribution in [0.15, 0.2) is 78.9 Å². The molecule has 0 radical (unpaired) electrons. The Morgan fingerprint density at radius 1 is 0.981 bits per heavy atom. The van der Waals surface area contributed by atoms with Crippen molar-refractivity contribution in [1.29, 1.82) is 0 Å². The smallest absolute Gasteiger partial charge is 0.424 e. The second-order valence-corrected chi connectivity index (χ2v) is 12.8. The zero-order chi connectivity index (χ0) is 37.7. The number of rotatable bonds is 14. The molecular formula is C37H36ClF4N3O7. The average Bonchev–Trinajstić information content (AvgIpc) is 3.95. The molecule has 5 rings (SSSR count). The van der Waals surface area contributed by atoms with Crippen molar-refractivity contribution in [3.63, 3.8) is 0 Å². The first-order valence-electron chi connectivity index (χ1n) is 16.0. The van der Waals surface area contributed by atoms with Crippen molar-refractivity contribution in [3.05, 3.63) is 112 Å². The van der Waals surface area contributed by atoms with Crippen LogP contribution in [-0.4, -0.2) is 61.7 Å². The molecule has 4 aromatic rings. The van der Waals surface area contributed by atoms with Gasteiger partial charge in [0.05, 0.1) is 48.3 Å². The number of pyridine rings is 1. The Morgan fingerprint density at radius 2 is 1.71 bits per heavy atom. The van der Waals surface area contributed by atoms with Crippen molar-refractivity contribution < 1.29 is 51.2 Å². The Hall–Kier alpha value is -4.92. The lowest BCUT2D eigenvalue weighted by Gasteiger charge is -2.34. The Bertz CT molecular complexity index is 1910. The summed E-state index contributed by atoms with van der Waals surface area (Å²) in [6, 6.07) is 18.6. The monoisotopic (exact) mass is 745 g/mol. The van der Waals surface area contributed by atoms with Crippen LogP contribution in [0.3, 0.4) is 0 Å². The van der Waals surface area contributed by atoms with E-state index in [1.165, 1.54) is 51.5 Å². The van der Waals surface area contributed by atoms with Crippen LogP contribution in [0.2, 0.25) is 5.02 Å². The minimum Gasteiger partial charge on any atom is -0.493 e. The number of halogens is 5. The van der Waals surface area contributed by atoms with Gasteiger partial charge in [-0.2, -0.15) is 13.2 Å². The number of carbonyl (C=O) groups excluding carboxylic acids is 2. The van der Waals surface area contributed by atoms with E-state index >= 15 is 0 Å². The van der Waals surface area contributed by atoms with Crippen LogP contribution in [-0.2, 0) is 27.2 Å². The van der Waals surface area contributed by atoms with E-state index < -0.39 is 47.4 Å². The third kappa shape index (κ3) is 8.92. The molecule has 15 heteroatoms. The number of aliphatic hydroxyl groups is 1. The minimum absolute atomic E-state index is 0.00329. The third-order valence-corrected chi connectivity index (χ3v) is 8.63. The standard InChI is InChI=1S/C37H36ClF4N3O7/c1-35(21-49-2,45-34(47)51-19-22-7-5-4-6-8-22)25-17-29(23-9-13-28(39)27(38)15-23)44-32(18-25)36(48,37(40,41)42)20-43-33(46)24-10-14-30(31(16-24)50-3)52-26-11-12-26/h4-10,13-18,26,48H,11-12,19-21H2,1-3H3,(H,43,46)(H,45,47). The predicted molar refractivity (Wildman–Crippen MR) is 183 cm³/mol. The number of hydrogen-bond donors (Lipinski definition) is 3. The second-order valence-electron chi connectivity index (χ2n) is 12.4. The van der Waals surface area contributed by atoms with Crippen LogP contribution >= 0.6 is 11.6 Å². The van der Waals surface area contributed by atoms with Crippen LogP contribution in [0.5, 0.6) is 11.5 Å². The van der Waals surface area contributed by atoms with Gasteiger partial charge in [0, 0.05) is 18.2 Å². The number of nitrogens with one attached hydrogen (secondary N) is 2. The number of ether oxygens (including phenoxy) is 4. The Balaban J connectivity index is 1.51. The molecule has 0 saturated heterocycles. The molecule has 0 bridgehead atoms. The van der Waals surface area contributed by atoms with Gasteiger partial charge >= 0.3 is 12.3 Å². The summed E-state index contributed by atoms with van der Waals surface area (Å²) in [4.78, 5) is 30.4. The Labute approximate surface area is 302 Å². The van der Waals surface area contributed by atoms with Crippen molar-refractivity contribution in [2.45, 2.75) is 49.8 Å². The highest BCUT2D eigenvalue weighted by atomic mass is 35.5. The first-order chi connectivity index (χ1) is 24.7. The van der Waals surface area contributed by atoms with Gasteiger partial charge in [0.15, 0.2) is 11.5 Å². The van der Waals surface area contributed by atoms with E-state index in [2.05, 4.69) is 15.6 Å². The van der Waals surface area contributed by atoms with E-state index in [0.717, 1.165) is 31.0 Å². The summed E-state index contributed by atoms with van der Waals surface area (Å²) in [7, 11) is 2.68. The van der Waals surface area contributed by atoms with Crippen LogP contribution in [0, 0.1) is 5.82 Å². The van der Waals surface area contributed by atoms with Crippen molar-refractivity contribution >= 4 is 23.6 Å². The molecule has 276 valence electrons. The van der Waals surface area contributed by atoms with E-state index in [1.54, 1.807) is 30.3 Å². The van der Waals surface area contributed by atoms with E-state index in [4.69, 9.17) is 30.5 Å². The van der Waals surface area contributed by atoms with Crippen LogP contribution in [0.1, 0.15) is 46.9 Å². The SMILES string of the molecule is COCC(C)(NC(=O)OCc1ccccc1)c1cc(-c2ccc(F)c(Cl)c2)nc(C(O)(CNC(=O)c2ccc(OC3CC3)c(OC)c2)C(F)(F)F)c1. The lowest BCUT2D eigenvalue weighted by atomic mass is 9.88. The van der Waals surface area contributed by atoms with Gasteiger partial charge in [-0.3, -0.25) is 4.79 Å². The van der Waals surface area contributed by atoms with E-state index in [1.807, 2.05) is 0 Å². The Kier molecular flexibility index (Phi) is 11.6. The number of benzene rings is 3. The van der Waals surface area contributed by atoms with Crippen molar-refractivity contribution in [2.24, 2.45) is 0 Å². The summed E-state index contributed by atoms with van der Waals surface area (Å²) in [5.74, 6) is -1.16. The highest BCUT2D eigenvalue weighted by molar-refractivity contribution is 6.31. The van der Waals surface area contributed by atoms with Gasteiger partial charge in [-0.25, -0.2) is 14.2 Å². The molecule has 3 aromatic carbocycles. The number of nitrogens with zero attached hydrogens (tertiary/aromatic N) is 1. The summed E-state index contributed by atoms with van der Waals surface area (Å²) in [6.07, 6.45) is -4.56. The fourth-order valence-corrected chi connectivity index (χ4v) is 5.43. The van der Waals surface area contributed by atoms with Crippen molar-refractivity contribution in [1.82, 2.24) is 15.6 Å². The maximum absolute atomic E-state index is 15.0. The summed E-state index contributed by atoms with van der Waals surface area (Å²) in [5, 5.41) is 15.9. The van der Waals surface area contributed by atoms with E-state index in [-0.39, 0.29) is 52.5 Å². The number of hydrogen-bond acceptors (Lipinski definition) is 8. The fraction of sp³-hybridized carbons (Fsp3) is 0.324. The topological polar surface area (TPSA) is 128 Å². The molecule has 3 N–H and O–H groups in total. The number of aromatic nitrogens is 1. The molecule has 1 saturated carbocycles. The van der Waals surface area contributed by atoms with Gasteiger partial charge in [0.1, 0.15) is 12.4 Å². The summed E-state index contributed by atoms with van der Waals surface area (Å²) in [5.41, 5.74) is -5.74. The zero-order valence-electron chi connectivity index (χ0n) is 28.4. The highest BCUT2D eigenvalue weighted by Crippen LogP contribution is 2.41. The minimum atomic E-state index is -5.40. The maximum Gasteiger partial charge on any atom is 0.424 e. The largest absolute Gasteiger partial charge is 0.493 e. The second kappa shape index (κ2) is 15.8. The van der Waals surface area contributed by atoms with Gasteiger partial charge in [0.2, 0.25) is 5.60 Å². The number of methoxy groups -OCH3 is 2. The zero-order valence-corrected chi connectivity index (χ0v) is 29.1. The third-order valence-electron chi connectivity index (χ3n) is 8.34. The number of alkyl carbamates (subject to hydrolysis) is 1. The van der Waals surface area contributed by atoms with Gasteiger partial charge in [-0.05, 0) is 79.4 Å². The summed E-state index contributed by atoms with van der Waals surface area (Å²) in [6.45, 7) is -0.277. The normalized spacial score (nSPS) is 15.2. The van der Waals surface area contributed by atoms with Gasteiger partial charge in [-0.15, -0.1) is 0 Å². The van der Waals surface area contributed by atoms with Gasteiger partial charge < -0.3 is 34.7 Å². The lowest BCUT2D eigenvalue weighted by molar-refractivity contribution is -0.265. The summed E-state index contributed by atoms with van der Waals surface area (Å²) >= 11 is 6.01.